The molecule has 1 rings (SSSR count). The van der Waals surface area contributed by atoms with Crippen LogP contribution in [0, 0.1) is 0 Å². The molecule has 0 radical (unpaired) electrons. The molecule has 12 heavy (non-hydrogen) atoms. The van der Waals surface area contributed by atoms with E-state index in [0.717, 1.165) is 0 Å². The second-order valence-corrected chi connectivity index (χ2v) is 2.92. The lowest BCUT2D eigenvalue weighted by atomic mass is 10.1. The molecule has 1 heterocycles. The summed E-state index contributed by atoms with van der Waals surface area (Å²) in [5.41, 5.74) is 5.29. The number of esters is 1. The Hall–Kier alpha value is -1.10. The van der Waals surface area contributed by atoms with E-state index in [0.29, 0.717) is 0 Å². The lowest BCUT2D eigenvalue weighted by Gasteiger charge is -2.33. The number of ether oxygens (including phenoxy) is 1. The number of hydrogen-bond acceptors (Lipinski definition) is 4. The van der Waals surface area contributed by atoms with Gasteiger partial charge in [0.25, 0.3) is 0 Å². The van der Waals surface area contributed by atoms with Gasteiger partial charge in [0.15, 0.2) is 6.04 Å². The maximum atomic E-state index is 11.0. The minimum Gasteiger partial charge on any atom is -0.458 e. The zero-order chi connectivity index (χ0) is 9.30. The van der Waals surface area contributed by atoms with E-state index in [1.165, 1.54) is 0 Å². The minimum atomic E-state index is -0.592. The molecule has 1 amide bonds. The third kappa shape index (κ3) is 1.55. The Bertz CT molecular complexity index is 215. The molecule has 1 aliphatic heterocycles. The van der Waals surface area contributed by atoms with Crippen molar-refractivity contribution in [3.05, 3.63) is 0 Å². The van der Waals surface area contributed by atoms with Crippen molar-refractivity contribution in [2.24, 2.45) is 5.73 Å². The van der Waals surface area contributed by atoms with E-state index in [1.54, 1.807) is 13.8 Å². The number of nitrogens with two attached hydrogens (primary N) is 1. The number of nitrogens with one attached hydrogen (secondary N) is 1. The Kier molecular flexibility index (Phi) is 2.32. The van der Waals surface area contributed by atoms with Gasteiger partial charge in [-0.3, -0.25) is 4.79 Å². The predicted molar refractivity (Wildman–Crippen MR) is 41.1 cm³/mol. The van der Waals surface area contributed by atoms with Crippen molar-refractivity contribution in [3.63, 3.8) is 0 Å². The van der Waals surface area contributed by atoms with Gasteiger partial charge < -0.3 is 15.8 Å². The van der Waals surface area contributed by atoms with E-state index < -0.39 is 18.1 Å². The largest absolute Gasteiger partial charge is 0.458 e. The molecule has 0 aromatic heterocycles. The summed E-state index contributed by atoms with van der Waals surface area (Å²) in [6.45, 7) is 3.28. The molecule has 0 saturated carbocycles. The third-order valence-corrected chi connectivity index (χ3v) is 1.74. The first kappa shape index (κ1) is 8.99. The van der Waals surface area contributed by atoms with E-state index in [2.05, 4.69) is 10.1 Å². The molecule has 0 unspecified atom stereocenters. The van der Waals surface area contributed by atoms with E-state index in [1.807, 2.05) is 0 Å². The average molecular weight is 172 g/mol. The molecule has 0 bridgehead atoms. The molecule has 5 nitrogen and oxygen atoms in total. The van der Waals surface area contributed by atoms with Crippen molar-refractivity contribution in [2.45, 2.75) is 32.0 Å². The van der Waals surface area contributed by atoms with Gasteiger partial charge >= 0.3 is 5.97 Å². The number of hydrogen-bond donors (Lipinski definition) is 2. The SMILES string of the molecule is C[C@@H](N)C(=O)N[C@@H]1C(=O)O[C@@H]1C. The fourth-order valence-corrected chi connectivity index (χ4v) is 0.905. The van der Waals surface area contributed by atoms with Crippen molar-refractivity contribution in [1.82, 2.24) is 5.32 Å². The summed E-state index contributed by atoms with van der Waals surface area (Å²) >= 11 is 0. The normalized spacial score (nSPS) is 30.1. The lowest BCUT2D eigenvalue weighted by molar-refractivity contribution is -0.176. The first-order valence-electron chi connectivity index (χ1n) is 3.79. The zero-order valence-electron chi connectivity index (χ0n) is 7.03. The van der Waals surface area contributed by atoms with Crippen LogP contribution in [0.3, 0.4) is 0 Å². The highest BCUT2D eigenvalue weighted by atomic mass is 16.6. The summed E-state index contributed by atoms with van der Waals surface area (Å²) in [4.78, 5) is 21.7. The fraction of sp³-hybridized carbons (Fsp3) is 0.714. The second-order valence-electron chi connectivity index (χ2n) is 2.92. The van der Waals surface area contributed by atoms with Crippen LogP contribution in [0.1, 0.15) is 13.8 Å². The van der Waals surface area contributed by atoms with Gasteiger partial charge in [-0.2, -0.15) is 0 Å². The standard InChI is InChI=1S/C7H12N2O3/c1-3(8)6(10)9-5-4(2)12-7(5)11/h3-5H,8H2,1-2H3,(H,9,10)/t3-,4-,5+/m1/s1. The Morgan fingerprint density at radius 1 is 1.75 bits per heavy atom. The van der Waals surface area contributed by atoms with Crippen LogP contribution in [0.5, 0.6) is 0 Å². The number of amides is 1. The van der Waals surface area contributed by atoms with E-state index in [9.17, 15) is 9.59 Å². The van der Waals surface area contributed by atoms with Gasteiger partial charge in [-0.25, -0.2) is 4.79 Å². The smallest absolute Gasteiger partial charge is 0.332 e. The second kappa shape index (κ2) is 3.10. The Morgan fingerprint density at radius 2 is 2.33 bits per heavy atom. The van der Waals surface area contributed by atoms with Crippen LogP contribution in [0.15, 0.2) is 0 Å². The summed E-state index contributed by atoms with van der Waals surface area (Å²) in [5.74, 6) is -0.722. The number of carbonyl (C=O) groups is 2. The lowest BCUT2D eigenvalue weighted by Crippen LogP contribution is -2.60. The summed E-state index contributed by atoms with van der Waals surface area (Å²) in [6, 6.07) is -1.10. The zero-order valence-corrected chi connectivity index (χ0v) is 7.03. The Morgan fingerprint density at radius 3 is 2.67 bits per heavy atom. The number of cyclic esters (lactones) is 1. The van der Waals surface area contributed by atoms with Crippen LogP contribution in [-0.4, -0.2) is 30.1 Å². The molecule has 68 valence electrons. The van der Waals surface area contributed by atoms with Crippen LogP contribution in [0.2, 0.25) is 0 Å². The highest BCUT2D eigenvalue weighted by Crippen LogP contribution is 2.13. The van der Waals surface area contributed by atoms with E-state index >= 15 is 0 Å². The summed E-state index contributed by atoms with van der Waals surface area (Å²) in [6.07, 6.45) is -0.236. The first-order chi connectivity index (χ1) is 5.52. The monoisotopic (exact) mass is 172 g/mol. The van der Waals surface area contributed by atoms with Crippen LogP contribution in [0.25, 0.3) is 0 Å². The van der Waals surface area contributed by atoms with Gasteiger partial charge in [0, 0.05) is 0 Å². The van der Waals surface area contributed by atoms with E-state index in [4.69, 9.17) is 5.73 Å². The Balaban J connectivity index is 2.41. The molecule has 3 N–H and O–H groups in total. The number of carbonyl (C=O) groups excluding carboxylic acids is 2. The molecule has 3 atom stereocenters. The molecule has 1 saturated heterocycles. The van der Waals surface area contributed by atoms with Gasteiger partial charge in [0.05, 0.1) is 6.04 Å². The summed E-state index contributed by atoms with van der Waals surface area (Å²) in [5, 5.41) is 2.48. The maximum absolute atomic E-state index is 11.0. The maximum Gasteiger partial charge on any atom is 0.332 e. The molecule has 0 aromatic rings. The van der Waals surface area contributed by atoms with Crippen molar-refractivity contribution < 1.29 is 14.3 Å². The summed E-state index contributed by atoms with van der Waals surface area (Å²) < 4.78 is 4.64. The van der Waals surface area contributed by atoms with Crippen molar-refractivity contribution in [3.8, 4) is 0 Å². The van der Waals surface area contributed by atoms with Gasteiger partial charge in [0.2, 0.25) is 5.91 Å². The third-order valence-electron chi connectivity index (χ3n) is 1.74. The average Bonchev–Trinajstić information content (AvgIpc) is 2.00. The molecule has 0 spiro atoms. The van der Waals surface area contributed by atoms with Gasteiger partial charge in [-0.05, 0) is 13.8 Å². The van der Waals surface area contributed by atoms with Crippen molar-refractivity contribution in [2.75, 3.05) is 0 Å². The quantitative estimate of drug-likeness (QED) is 0.511. The molecule has 0 aromatic carbocycles. The van der Waals surface area contributed by atoms with Gasteiger partial charge in [0.1, 0.15) is 6.10 Å². The van der Waals surface area contributed by atoms with Gasteiger partial charge in [-0.15, -0.1) is 0 Å². The van der Waals surface area contributed by atoms with E-state index in [-0.39, 0.29) is 12.0 Å². The highest BCUT2D eigenvalue weighted by molar-refractivity contribution is 5.90. The number of rotatable bonds is 2. The topological polar surface area (TPSA) is 81.4 Å². The van der Waals surface area contributed by atoms with Gasteiger partial charge in [-0.1, -0.05) is 0 Å². The molecule has 0 aliphatic carbocycles. The molecule has 5 heteroatoms. The fourth-order valence-electron chi connectivity index (χ4n) is 0.905. The molecule has 1 fully saturated rings. The van der Waals surface area contributed by atoms with Crippen LogP contribution in [-0.2, 0) is 14.3 Å². The van der Waals surface area contributed by atoms with Crippen LogP contribution < -0.4 is 11.1 Å². The summed E-state index contributed by atoms with van der Waals surface area (Å²) in [7, 11) is 0. The first-order valence-corrected chi connectivity index (χ1v) is 3.79. The Labute approximate surface area is 70.2 Å². The highest BCUT2D eigenvalue weighted by Gasteiger charge is 2.40. The minimum absolute atomic E-state index is 0.236. The van der Waals surface area contributed by atoms with Crippen LogP contribution >= 0.6 is 0 Å². The molecular formula is C7H12N2O3. The van der Waals surface area contributed by atoms with Crippen LogP contribution in [0.4, 0.5) is 0 Å². The predicted octanol–water partition coefficient (Wildman–Crippen LogP) is -1.24. The van der Waals surface area contributed by atoms with Crippen molar-refractivity contribution in [1.29, 1.82) is 0 Å². The van der Waals surface area contributed by atoms with Crippen molar-refractivity contribution >= 4 is 11.9 Å². The molecule has 1 aliphatic rings. The molecular weight excluding hydrogens is 160 g/mol.